The van der Waals surface area contributed by atoms with Gasteiger partial charge in [-0.25, -0.2) is 0 Å². The summed E-state index contributed by atoms with van der Waals surface area (Å²) in [7, 11) is 0. The van der Waals surface area contributed by atoms with E-state index in [4.69, 9.17) is 14.6 Å². The van der Waals surface area contributed by atoms with Crippen molar-refractivity contribution in [1.82, 2.24) is 0 Å². The second-order valence-electron chi connectivity index (χ2n) is 5.74. The summed E-state index contributed by atoms with van der Waals surface area (Å²) in [5.41, 5.74) is 1.13. The normalized spacial score (nSPS) is 12.2. The highest BCUT2D eigenvalue weighted by Crippen LogP contribution is 2.14. The highest BCUT2D eigenvalue weighted by Gasteiger charge is 1.97. The Kier molecular flexibility index (Phi) is 8.59. The summed E-state index contributed by atoms with van der Waals surface area (Å²) in [6, 6.07) is 17.7. The van der Waals surface area contributed by atoms with Crippen molar-refractivity contribution >= 4 is 0 Å². The van der Waals surface area contributed by atoms with Crippen LogP contribution in [0.5, 0.6) is 11.5 Å². The lowest BCUT2D eigenvalue weighted by molar-refractivity contribution is 0.131. The molecule has 0 spiro atoms. The zero-order valence-corrected chi connectivity index (χ0v) is 14.4. The standard InChI is InChI=1S/C21H26O4/c22-17-19(23)8-6-7-18-11-13-21(14-12-18)25-16-5-4-15-24-20-9-2-1-3-10-20/h1-3,6,8-14,19,22-23H,4-5,7,15-17H2/t19-/m0/s1. The first kappa shape index (κ1) is 19.0. The van der Waals surface area contributed by atoms with Crippen molar-refractivity contribution in [2.24, 2.45) is 0 Å². The molecule has 134 valence electrons. The Balaban J connectivity index is 1.59. The van der Waals surface area contributed by atoms with Gasteiger partial charge in [0.2, 0.25) is 0 Å². The monoisotopic (exact) mass is 342 g/mol. The van der Waals surface area contributed by atoms with Crippen LogP contribution in [0.3, 0.4) is 0 Å². The van der Waals surface area contributed by atoms with E-state index in [-0.39, 0.29) is 6.61 Å². The van der Waals surface area contributed by atoms with Gasteiger partial charge in [-0.1, -0.05) is 42.5 Å². The lowest BCUT2D eigenvalue weighted by Gasteiger charge is -2.08. The molecule has 4 nitrogen and oxygen atoms in total. The van der Waals surface area contributed by atoms with Crippen molar-refractivity contribution in [3.05, 3.63) is 72.3 Å². The molecule has 25 heavy (non-hydrogen) atoms. The van der Waals surface area contributed by atoms with E-state index in [9.17, 15) is 5.11 Å². The average molecular weight is 342 g/mol. The zero-order chi connectivity index (χ0) is 17.7. The highest BCUT2D eigenvalue weighted by atomic mass is 16.5. The van der Waals surface area contributed by atoms with Crippen LogP contribution in [-0.4, -0.2) is 36.1 Å². The fourth-order valence-electron chi connectivity index (χ4n) is 2.24. The summed E-state index contributed by atoms with van der Waals surface area (Å²) >= 11 is 0. The molecule has 0 aromatic heterocycles. The van der Waals surface area contributed by atoms with Crippen LogP contribution in [0.1, 0.15) is 18.4 Å². The van der Waals surface area contributed by atoms with E-state index < -0.39 is 6.10 Å². The number of benzene rings is 2. The predicted octanol–water partition coefficient (Wildman–Crippen LogP) is 3.38. The van der Waals surface area contributed by atoms with Gasteiger partial charge in [0.25, 0.3) is 0 Å². The molecule has 0 unspecified atom stereocenters. The molecule has 0 aliphatic rings. The third-order valence-electron chi connectivity index (χ3n) is 3.64. The van der Waals surface area contributed by atoms with Gasteiger partial charge < -0.3 is 19.7 Å². The first-order valence-electron chi connectivity index (χ1n) is 8.63. The van der Waals surface area contributed by atoms with Crippen molar-refractivity contribution in [3.63, 3.8) is 0 Å². The molecule has 2 aromatic rings. The van der Waals surface area contributed by atoms with Gasteiger partial charge in [-0.2, -0.15) is 0 Å². The van der Waals surface area contributed by atoms with Crippen LogP contribution in [0.15, 0.2) is 66.7 Å². The number of unbranched alkanes of at least 4 members (excludes halogenated alkanes) is 1. The first-order valence-corrected chi connectivity index (χ1v) is 8.63. The Hall–Kier alpha value is -2.30. The minimum Gasteiger partial charge on any atom is -0.494 e. The molecule has 0 heterocycles. The van der Waals surface area contributed by atoms with Crippen molar-refractivity contribution in [2.75, 3.05) is 19.8 Å². The van der Waals surface area contributed by atoms with Crippen molar-refractivity contribution in [1.29, 1.82) is 0 Å². The first-order chi connectivity index (χ1) is 12.3. The summed E-state index contributed by atoms with van der Waals surface area (Å²) in [5, 5.41) is 18.0. The second-order valence-corrected chi connectivity index (χ2v) is 5.74. The van der Waals surface area contributed by atoms with Crippen LogP contribution in [0.4, 0.5) is 0 Å². The van der Waals surface area contributed by atoms with Crippen molar-refractivity contribution in [3.8, 4) is 11.5 Å². The number of hydrogen-bond acceptors (Lipinski definition) is 4. The van der Waals surface area contributed by atoms with E-state index in [1.54, 1.807) is 6.08 Å². The maximum atomic E-state index is 9.24. The van der Waals surface area contributed by atoms with Crippen LogP contribution >= 0.6 is 0 Å². The fraction of sp³-hybridized carbons (Fsp3) is 0.333. The molecular weight excluding hydrogens is 316 g/mol. The number of para-hydroxylation sites is 1. The van der Waals surface area contributed by atoms with Crippen LogP contribution in [0.25, 0.3) is 0 Å². The Morgan fingerprint density at radius 1 is 0.840 bits per heavy atom. The molecule has 1 atom stereocenters. The molecule has 4 heteroatoms. The molecule has 0 saturated carbocycles. The molecular formula is C21H26O4. The van der Waals surface area contributed by atoms with E-state index in [0.29, 0.717) is 19.6 Å². The van der Waals surface area contributed by atoms with Gasteiger partial charge in [0.15, 0.2) is 0 Å². The van der Waals surface area contributed by atoms with Crippen molar-refractivity contribution in [2.45, 2.75) is 25.4 Å². The molecule has 2 rings (SSSR count). The smallest absolute Gasteiger partial charge is 0.119 e. The van der Waals surface area contributed by atoms with Crippen LogP contribution in [0.2, 0.25) is 0 Å². The Morgan fingerprint density at radius 3 is 2.04 bits per heavy atom. The SMILES string of the molecule is OC[C@@H](O)C=CCc1ccc(OCCCCOc2ccccc2)cc1. The number of hydrogen-bond donors (Lipinski definition) is 2. The molecule has 0 fully saturated rings. The molecule has 0 saturated heterocycles. The van der Waals surface area contributed by atoms with E-state index >= 15 is 0 Å². The number of aliphatic hydroxyl groups excluding tert-OH is 2. The van der Waals surface area contributed by atoms with Gasteiger partial charge in [0.05, 0.1) is 25.9 Å². The van der Waals surface area contributed by atoms with Gasteiger partial charge >= 0.3 is 0 Å². The summed E-state index contributed by atoms with van der Waals surface area (Å²) < 4.78 is 11.4. The molecule has 0 radical (unpaired) electrons. The summed E-state index contributed by atoms with van der Waals surface area (Å²) in [6.07, 6.45) is 5.27. The minimum atomic E-state index is -0.784. The molecule has 2 N–H and O–H groups in total. The third-order valence-corrected chi connectivity index (χ3v) is 3.64. The van der Waals surface area contributed by atoms with Crippen LogP contribution < -0.4 is 9.47 Å². The maximum absolute atomic E-state index is 9.24. The van der Waals surface area contributed by atoms with Crippen molar-refractivity contribution < 1.29 is 19.7 Å². The van der Waals surface area contributed by atoms with E-state index in [0.717, 1.165) is 29.9 Å². The Labute approximate surface area is 149 Å². The van der Waals surface area contributed by atoms with Crippen LogP contribution in [0, 0.1) is 0 Å². The Bertz CT molecular complexity index is 608. The van der Waals surface area contributed by atoms with E-state index in [1.807, 2.05) is 60.7 Å². The van der Waals surface area contributed by atoms with E-state index in [2.05, 4.69) is 0 Å². The molecule has 0 aliphatic carbocycles. The largest absolute Gasteiger partial charge is 0.494 e. The van der Waals surface area contributed by atoms with Gasteiger partial charge in [-0.15, -0.1) is 0 Å². The van der Waals surface area contributed by atoms with E-state index in [1.165, 1.54) is 0 Å². The van der Waals surface area contributed by atoms with Gasteiger partial charge in [-0.05, 0) is 49.1 Å². The summed E-state index contributed by atoms with van der Waals surface area (Å²) in [4.78, 5) is 0. The number of ether oxygens (including phenoxy) is 2. The molecule has 0 aliphatic heterocycles. The van der Waals surface area contributed by atoms with Crippen LogP contribution in [-0.2, 0) is 6.42 Å². The molecule has 0 bridgehead atoms. The number of allylic oxidation sites excluding steroid dienone is 1. The lowest BCUT2D eigenvalue weighted by atomic mass is 10.1. The lowest BCUT2D eigenvalue weighted by Crippen LogP contribution is -2.07. The minimum absolute atomic E-state index is 0.250. The maximum Gasteiger partial charge on any atom is 0.119 e. The second kappa shape index (κ2) is 11.3. The summed E-state index contributed by atoms with van der Waals surface area (Å²) in [5.74, 6) is 1.76. The fourth-order valence-corrected chi connectivity index (χ4v) is 2.24. The van der Waals surface area contributed by atoms with Gasteiger partial charge in [-0.3, -0.25) is 0 Å². The number of aliphatic hydroxyl groups is 2. The zero-order valence-electron chi connectivity index (χ0n) is 14.4. The van der Waals surface area contributed by atoms with Gasteiger partial charge in [0.1, 0.15) is 11.5 Å². The Morgan fingerprint density at radius 2 is 1.44 bits per heavy atom. The van der Waals surface area contributed by atoms with Gasteiger partial charge in [0, 0.05) is 0 Å². The summed E-state index contributed by atoms with van der Waals surface area (Å²) in [6.45, 7) is 1.11. The number of rotatable bonds is 11. The third kappa shape index (κ3) is 7.88. The molecule has 0 amide bonds. The topological polar surface area (TPSA) is 58.9 Å². The predicted molar refractivity (Wildman–Crippen MR) is 99.0 cm³/mol. The highest BCUT2D eigenvalue weighted by molar-refractivity contribution is 5.28. The average Bonchev–Trinajstić information content (AvgIpc) is 2.66. The quantitative estimate of drug-likeness (QED) is 0.485. The molecule has 2 aromatic carbocycles.